The summed E-state index contributed by atoms with van der Waals surface area (Å²) in [5.74, 6) is 3.50. The number of methoxy groups -OCH3 is 4. The zero-order valence-corrected chi connectivity index (χ0v) is 27.7. The van der Waals surface area contributed by atoms with Crippen molar-refractivity contribution >= 4 is 12.2 Å². The Morgan fingerprint density at radius 2 is 0.956 bits per heavy atom. The first kappa shape index (κ1) is 30.1. The molecule has 0 saturated carbocycles. The van der Waals surface area contributed by atoms with Gasteiger partial charge in [-0.25, -0.2) is 0 Å². The molecule has 4 aromatic rings. The van der Waals surface area contributed by atoms with Crippen LogP contribution in [0.15, 0.2) is 84.9 Å². The van der Waals surface area contributed by atoms with Crippen molar-refractivity contribution in [3.05, 3.63) is 118 Å². The van der Waals surface area contributed by atoms with Gasteiger partial charge in [-0.2, -0.15) is 0 Å². The second-order valence-electron chi connectivity index (χ2n) is 10.6. The number of nitrogens with zero attached hydrogens (tertiary/aromatic N) is 2. The Kier molecular flexibility index (Phi) is 8.39. The standard InChI is InChI=1S/2C11H11O2.2C7H5NO.Zr/c2*1-12-10-6-8-4-3-5-9(8)7-11(10)13-2;2*8-5-6-2-1-3-7(9)4-6;/h2*3-7H,1-2H3;2*1-4,9H;/q;;;;+2/p-2. The Labute approximate surface area is 267 Å². The number of ether oxygens (including phenoxy) is 4. The van der Waals surface area contributed by atoms with Crippen LogP contribution in [0.3, 0.4) is 0 Å². The maximum absolute atomic E-state index is 9.73. The van der Waals surface area contributed by atoms with E-state index in [1.807, 2.05) is 36.4 Å². The Hall–Kier alpha value is -4.98. The molecule has 2 atom stereocenters. The Balaban J connectivity index is 1.63. The summed E-state index contributed by atoms with van der Waals surface area (Å²) in [5.41, 5.74) is 4.86. The molecule has 0 bridgehead atoms. The minimum absolute atomic E-state index is 0.292. The molecule has 9 heteroatoms. The van der Waals surface area contributed by atoms with Gasteiger partial charge in [-0.3, -0.25) is 0 Å². The van der Waals surface area contributed by atoms with Crippen molar-refractivity contribution in [1.29, 1.82) is 10.5 Å². The van der Waals surface area contributed by atoms with Crippen molar-refractivity contribution in [2.45, 2.75) is 7.25 Å². The predicted octanol–water partition coefficient (Wildman–Crippen LogP) is 7.44. The Morgan fingerprint density at radius 3 is 1.33 bits per heavy atom. The maximum atomic E-state index is 9.73. The number of rotatable bonds is 10. The fourth-order valence-electron chi connectivity index (χ4n) is 6.05. The Morgan fingerprint density at radius 1 is 0.556 bits per heavy atom. The number of fused-ring (bicyclic) bond motifs is 2. The average Bonchev–Trinajstić information content (AvgIpc) is 3.70. The number of nitriles is 2. The average molecular weight is 678 g/mol. The van der Waals surface area contributed by atoms with Gasteiger partial charge in [0.05, 0.1) is 0 Å². The van der Waals surface area contributed by atoms with Crippen molar-refractivity contribution in [3.8, 4) is 46.6 Å². The van der Waals surface area contributed by atoms with E-state index in [-0.39, 0.29) is 7.25 Å². The third-order valence-corrected chi connectivity index (χ3v) is 17.6. The summed E-state index contributed by atoms with van der Waals surface area (Å²) >= 11 is -4.83. The van der Waals surface area contributed by atoms with Crippen molar-refractivity contribution in [3.63, 3.8) is 0 Å². The van der Waals surface area contributed by atoms with Crippen LogP contribution in [0.4, 0.5) is 0 Å². The molecule has 0 N–H and O–H groups in total. The van der Waals surface area contributed by atoms with Crippen LogP contribution < -0.4 is 24.6 Å². The zero-order chi connectivity index (χ0) is 31.6. The van der Waals surface area contributed by atoms with Crippen LogP contribution in [0.1, 0.15) is 40.6 Å². The SMILES string of the molecule is COc1cc2c(cc1OC)[CH]([Zr]([O]c1cccc(C#N)c1)([O]c1cccc(C#N)c1)[CH]1C=Cc3cc(OC)c(OC)cc31)C=C2. The zero-order valence-electron chi connectivity index (χ0n) is 25.2. The molecule has 0 fully saturated rings. The van der Waals surface area contributed by atoms with Crippen molar-refractivity contribution in [2.24, 2.45) is 0 Å². The molecule has 2 aliphatic rings. The van der Waals surface area contributed by atoms with Gasteiger partial charge in [0, 0.05) is 0 Å². The molecule has 45 heavy (non-hydrogen) atoms. The van der Waals surface area contributed by atoms with Gasteiger partial charge in [0.2, 0.25) is 0 Å². The van der Waals surface area contributed by atoms with E-state index >= 15 is 0 Å². The van der Waals surface area contributed by atoms with Crippen LogP contribution in [0.25, 0.3) is 12.2 Å². The molecule has 0 heterocycles. The molecule has 0 aromatic heterocycles. The van der Waals surface area contributed by atoms with Crippen molar-refractivity contribution in [1.82, 2.24) is 0 Å². The third kappa shape index (κ3) is 5.45. The van der Waals surface area contributed by atoms with Crippen LogP contribution in [-0.4, -0.2) is 28.4 Å². The molecule has 0 spiro atoms. The van der Waals surface area contributed by atoms with E-state index < -0.39 is 21.1 Å². The van der Waals surface area contributed by atoms with E-state index in [0.29, 0.717) is 45.6 Å². The summed E-state index contributed by atoms with van der Waals surface area (Å²) in [4.78, 5) is 0. The monoisotopic (exact) mass is 676 g/mol. The molecule has 8 nitrogen and oxygen atoms in total. The third-order valence-electron chi connectivity index (χ3n) is 8.13. The second-order valence-corrected chi connectivity index (χ2v) is 18.2. The number of hydrogen-bond acceptors (Lipinski definition) is 8. The van der Waals surface area contributed by atoms with Crippen molar-refractivity contribution < 1.29 is 45.7 Å². The quantitative estimate of drug-likeness (QED) is 0.171. The fraction of sp³-hybridized carbons (Fsp3) is 0.167. The summed E-state index contributed by atoms with van der Waals surface area (Å²) < 4.78 is 36.6. The normalized spacial score (nSPS) is 15.8. The van der Waals surface area contributed by atoms with Crippen LogP contribution in [0.5, 0.6) is 34.5 Å². The number of hydrogen-bond donors (Lipinski definition) is 0. The molecule has 0 saturated heterocycles. The topological polar surface area (TPSA) is 103 Å². The molecule has 2 unspecified atom stereocenters. The first-order valence-corrected chi connectivity index (χ1v) is 19.1. The fourth-order valence-corrected chi connectivity index (χ4v) is 15.9. The van der Waals surface area contributed by atoms with E-state index in [4.69, 9.17) is 24.6 Å². The molecule has 0 radical (unpaired) electrons. The van der Waals surface area contributed by atoms with Gasteiger partial charge in [0.1, 0.15) is 0 Å². The molecule has 0 aliphatic heterocycles. The van der Waals surface area contributed by atoms with Crippen LogP contribution in [-0.2, 0) is 21.1 Å². The molecular weight excluding hydrogens is 648 g/mol. The van der Waals surface area contributed by atoms with Gasteiger partial charge in [0.25, 0.3) is 0 Å². The molecule has 2 aliphatic carbocycles. The van der Waals surface area contributed by atoms with Crippen LogP contribution >= 0.6 is 0 Å². The summed E-state index contributed by atoms with van der Waals surface area (Å²) in [6.07, 6.45) is 8.39. The van der Waals surface area contributed by atoms with Gasteiger partial charge >= 0.3 is 269 Å². The van der Waals surface area contributed by atoms with E-state index in [1.54, 1.807) is 64.8 Å². The van der Waals surface area contributed by atoms with Gasteiger partial charge in [0.15, 0.2) is 0 Å². The summed E-state index contributed by atoms with van der Waals surface area (Å²) in [7, 11) is 6.45. The van der Waals surface area contributed by atoms with Crippen LogP contribution in [0.2, 0.25) is 0 Å². The number of benzene rings is 4. The first-order chi connectivity index (χ1) is 22.0. The molecule has 4 aromatic carbocycles. The van der Waals surface area contributed by atoms with Crippen LogP contribution in [0, 0.1) is 22.7 Å². The number of allylic oxidation sites excluding steroid dienone is 2. The minimum atomic E-state index is -4.83. The second kappa shape index (κ2) is 12.6. The summed E-state index contributed by atoms with van der Waals surface area (Å²) in [6, 6.07) is 26.6. The van der Waals surface area contributed by atoms with Gasteiger partial charge in [-0.15, -0.1) is 0 Å². The van der Waals surface area contributed by atoms with Gasteiger partial charge in [-0.05, 0) is 0 Å². The van der Waals surface area contributed by atoms with E-state index in [0.717, 1.165) is 22.3 Å². The summed E-state index contributed by atoms with van der Waals surface area (Å²) in [6.45, 7) is 0. The molecule has 6 rings (SSSR count). The molecule has 224 valence electrons. The first-order valence-electron chi connectivity index (χ1n) is 14.2. The molecular formula is C36H30N2O6Zr. The van der Waals surface area contributed by atoms with E-state index in [2.05, 4.69) is 36.4 Å². The van der Waals surface area contributed by atoms with Crippen molar-refractivity contribution in [2.75, 3.05) is 28.4 Å². The van der Waals surface area contributed by atoms with E-state index in [9.17, 15) is 10.5 Å². The summed E-state index contributed by atoms with van der Waals surface area (Å²) in [5, 5.41) is 19.5. The predicted molar refractivity (Wildman–Crippen MR) is 166 cm³/mol. The van der Waals surface area contributed by atoms with E-state index in [1.165, 1.54) is 0 Å². The van der Waals surface area contributed by atoms with Gasteiger partial charge in [-0.1, -0.05) is 0 Å². The Bertz CT molecular complexity index is 1780. The molecule has 0 amide bonds. The van der Waals surface area contributed by atoms with Gasteiger partial charge < -0.3 is 0 Å².